The first-order chi connectivity index (χ1) is 15.2. The van der Waals surface area contributed by atoms with E-state index >= 15 is 0 Å². The van der Waals surface area contributed by atoms with E-state index in [1.165, 1.54) is 23.0 Å². The van der Waals surface area contributed by atoms with Gasteiger partial charge < -0.3 is 10.3 Å². The van der Waals surface area contributed by atoms with Crippen LogP contribution >= 0.6 is 0 Å². The van der Waals surface area contributed by atoms with Crippen LogP contribution in [0.15, 0.2) is 72.2 Å². The SMILES string of the molecule is O=c1c(-c2ccccc2)c(CCCNc2ncnc3nc[nH]c23)cc2ccc(F)cn12. The van der Waals surface area contributed by atoms with Gasteiger partial charge in [-0.15, -0.1) is 0 Å². The Hall–Kier alpha value is -4.07. The van der Waals surface area contributed by atoms with Crippen LogP contribution in [0.3, 0.4) is 0 Å². The minimum Gasteiger partial charge on any atom is -0.368 e. The molecule has 4 aromatic heterocycles. The maximum atomic E-state index is 13.8. The first kappa shape index (κ1) is 18.9. The zero-order valence-electron chi connectivity index (χ0n) is 16.5. The number of hydrogen-bond donors (Lipinski definition) is 2. The van der Waals surface area contributed by atoms with E-state index < -0.39 is 5.82 Å². The van der Waals surface area contributed by atoms with Gasteiger partial charge in [0.15, 0.2) is 11.5 Å². The summed E-state index contributed by atoms with van der Waals surface area (Å²) >= 11 is 0. The molecule has 0 radical (unpaired) electrons. The molecular formula is C23H19FN6O. The number of benzene rings is 1. The van der Waals surface area contributed by atoms with Gasteiger partial charge >= 0.3 is 0 Å². The van der Waals surface area contributed by atoms with Crippen LogP contribution in [0.25, 0.3) is 27.8 Å². The molecule has 0 saturated heterocycles. The average Bonchev–Trinajstić information content (AvgIpc) is 3.28. The number of halogens is 1. The van der Waals surface area contributed by atoms with E-state index in [1.807, 2.05) is 36.4 Å². The van der Waals surface area contributed by atoms with Gasteiger partial charge in [0, 0.05) is 18.3 Å². The van der Waals surface area contributed by atoms with Crippen LogP contribution in [0.5, 0.6) is 0 Å². The Morgan fingerprint density at radius 3 is 2.81 bits per heavy atom. The van der Waals surface area contributed by atoms with E-state index in [0.717, 1.165) is 23.1 Å². The quantitative estimate of drug-likeness (QED) is 0.413. The fourth-order valence-electron chi connectivity index (χ4n) is 3.78. The van der Waals surface area contributed by atoms with Gasteiger partial charge in [-0.1, -0.05) is 30.3 Å². The molecule has 8 heteroatoms. The van der Waals surface area contributed by atoms with Crippen LogP contribution in [0, 0.1) is 5.82 Å². The molecule has 0 aliphatic carbocycles. The number of nitrogens with one attached hydrogen (secondary N) is 2. The van der Waals surface area contributed by atoms with E-state index in [1.54, 1.807) is 12.4 Å². The van der Waals surface area contributed by atoms with Gasteiger partial charge in [-0.05, 0) is 42.2 Å². The fourth-order valence-corrected chi connectivity index (χ4v) is 3.78. The zero-order chi connectivity index (χ0) is 21.2. The predicted molar refractivity (Wildman–Crippen MR) is 118 cm³/mol. The van der Waals surface area contributed by atoms with Crippen LogP contribution in [0.4, 0.5) is 10.2 Å². The summed E-state index contributed by atoms with van der Waals surface area (Å²) in [5, 5.41) is 3.31. The lowest BCUT2D eigenvalue weighted by Crippen LogP contribution is -2.18. The second-order valence-electron chi connectivity index (χ2n) is 7.21. The molecule has 0 spiro atoms. The Balaban J connectivity index is 1.44. The lowest BCUT2D eigenvalue weighted by molar-refractivity contribution is 0.618. The van der Waals surface area contributed by atoms with Gasteiger partial charge in [0.05, 0.1) is 11.9 Å². The number of rotatable bonds is 6. The molecule has 0 bridgehead atoms. The largest absolute Gasteiger partial charge is 0.368 e. The van der Waals surface area contributed by atoms with Gasteiger partial charge in [-0.25, -0.2) is 19.3 Å². The molecule has 0 aliphatic rings. The van der Waals surface area contributed by atoms with Crippen molar-refractivity contribution in [1.29, 1.82) is 0 Å². The summed E-state index contributed by atoms with van der Waals surface area (Å²) in [6, 6.07) is 14.5. The molecule has 2 N–H and O–H groups in total. The van der Waals surface area contributed by atoms with Gasteiger partial charge in [0.25, 0.3) is 5.56 Å². The highest BCUT2D eigenvalue weighted by molar-refractivity contribution is 5.81. The number of aromatic nitrogens is 5. The second-order valence-corrected chi connectivity index (χ2v) is 7.21. The standard InChI is InChI=1S/C23H19FN6O/c24-17-8-9-18-11-16(19(23(31)30(18)12-17)15-5-2-1-3-6-15)7-4-10-25-21-20-22(27-13-26-20)29-14-28-21/h1-3,5-6,8-9,11-14H,4,7,10H2,(H2,25,26,27,28,29). The van der Waals surface area contributed by atoms with Gasteiger partial charge in [0.2, 0.25) is 0 Å². The van der Waals surface area contributed by atoms with E-state index in [-0.39, 0.29) is 5.56 Å². The number of H-pyrrole nitrogens is 1. The molecule has 4 heterocycles. The summed E-state index contributed by atoms with van der Waals surface area (Å²) in [6.07, 6.45) is 5.75. The van der Waals surface area contributed by atoms with Crippen molar-refractivity contribution in [3.05, 3.63) is 89.1 Å². The van der Waals surface area contributed by atoms with E-state index in [9.17, 15) is 9.18 Å². The number of imidazole rings is 1. The molecular weight excluding hydrogens is 395 g/mol. The van der Waals surface area contributed by atoms with Crippen LogP contribution in [-0.4, -0.2) is 30.9 Å². The van der Waals surface area contributed by atoms with E-state index in [2.05, 4.69) is 25.3 Å². The van der Waals surface area contributed by atoms with Crippen molar-refractivity contribution < 1.29 is 4.39 Å². The monoisotopic (exact) mass is 414 g/mol. The molecule has 154 valence electrons. The third-order valence-electron chi connectivity index (χ3n) is 5.22. The van der Waals surface area contributed by atoms with Crippen molar-refractivity contribution in [2.75, 3.05) is 11.9 Å². The van der Waals surface area contributed by atoms with Gasteiger partial charge in [-0.2, -0.15) is 0 Å². The number of aryl methyl sites for hydroxylation is 1. The highest BCUT2D eigenvalue weighted by Gasteiger charge is 2.14. The van der Waals surface area contributed by atoms with Crippen molar-refractivity contribution >= 4 is 22.5 Å². The summed E-state index contributed by atoms with van der Waals surface area (Å²) in [5.41, 5.74) is 4.17. The number of fused-ring (bicyclic) bond motifs is 2. The first-order valence-electron chi connectivity index (χ1n) is 9.98. The Morgan fingerprint density at radius 1 is 1.06 bits per heavy atom. The molecule has 31 heavy (non-hydrogen) atoms. The molecule has 0 fully saturated rings. The second kappa shape index (κ2) is 7.98. The van der Waals surface area contributed by atoms with E-state index in [0.29, 0.717) is 35.5 Å². The lowest BCUT2D eigenvalue weighted by atomic mass is 9.97. The molecule has 5 rings (SSSR count). The van der Waals surface area contributed by atoms with Crippen LogP contribution in [0.1, 0.15) is 12.0 Å². The summed E-state index contributed by atoms with van der Waals surface area (Å²) < 4.78 is 15.1. The van der Waals surface area contributed by atoms with E-state index in [4.69, 9.17) is 0 Å². The summed E-state index contributed by atoms with van der Waals surface area (Å²) in [4.78, 5) is 28.8. The third-order valence-corrected chi connectivity index (χ3v) is 5.22. The Bertz CT molecular complexity index is 1430. The molecule has 0 amide bonds. The fraction of sp³-hybridized carbons (Fsp3) is 0.130. The van der Waals surface area contributed by atoms with Gasteiger partial charge in [0.1, 0.15) is 17.7 Å². The third kappa shape index (κ3) is 3.63. The van der Waals surface area contributed by atoms with Crippen LogP contribution in [-0.2, 0) is 6.42 Å². The maximum absolute atomic E-state index is 13.8. The lowest BCUT2D eigenvalue weighted by Gasteiger charge is -2.13. The first-order valence-corrected chi connectivity index (χ1v) is 9.98. The molecule has 7 nitrogen and oxygen atoms in total. The number of anilines is 1. The molecule has 0 unspecified atom stereocenters. The number of nitrogens with zero attached hydrogens (tertiary/aromatic N) is 4. The maximum Gasteiger partial charge on any atom is 0.263 e. The summed E-state index contributed by atoms with van der Waals surface area (Å²) in [5.74, 6) is 0.250. The Kier molecular flexibility index (Phi) is 4.87. The number of aromatic amines is 1. The molecule has 0 aliphatic heterocycles. The smallest absolute Gasteiger partial charge is 0.263 e. The Labute approximate surface area is 176 Å². The molecule has 0 saturated carbocycles. The minimum atomic E-state index is -0.444. The normalized spacial score (nSPS) is 11.3. The predicted octanol–water partition coefficient (Wildman–Crippen LogP) is 3.82. The molecule has 5 aromatic rings. The van der Waals surface area contributed by atoms with Crippen LogP contribution < -0.4 is 10.9 Å². The van der Waals surface area contributed by atoms with Crippen molar-refractivity contribution in [3.8, 4) is 11.1 Å². The number of hydrogen-bond acceptors (Lipinski definition) is 5. The summed E-state index contributed by atoms with van der Waals surface area (Å²) in [6.45, 7) is 0.655. The zero-order valence-corrected chi connectivity index (χ0v) is 16.5. The average molecular weight is 414 g/mol. The van der Waals surface area contributed by atoms with Crippen LogP contribution in [0.2, 0.25) is 0 Å². The highest BCUT2D eigenvalue weighted by Crippen LogP contribution is 2.23. The number of pyridine rings is 2. The summed E-state index contributed by atoms with van der Waals surface area (Å²) in [7, 11) is 0. The molecule has 0 atom stereocenters. The van der Waals surface area contributed by atoms with Gasteiger partial charge in [-0.3, -0.25) is 9.20 Å². The van der Waals surface area contributed by atoms with Crippen molar-refractivity contribution in [2.24, 2.45) is 0 Å². The van der Waals surface area contributed by atoms with Crippen molar-refractivity contribution in [2.45, 2.75) is 12.8 Å². The Morgan fingerprint density at radius 2 is 1.94 bits per heavy atom. The molecule has 1 aromatic carbocycles. The topological polar surface area (TPSA) is 88.0 Å². The van der Waals surface area contributed by atoms with Crippen molar-refractivity contribution in [3.63, 3.8) is 0 Å². The highest BCUT2D eigenvalue weighted by atomic mass is 19.1. The van der Waals surface area contributed by atoms with Crippen molar-refractivity contribution in [1.82, 2.24) is 24.3 Å². The minimum absolute atomic E-state index is 0.221.